The molecule has 1 atom stereocenters. The molecule has 0 aromatic heterocycles. The zero-order chi connectivity index (χ0) is 11.3. The quantitative estimate of drug-likeness (QED) is 0.775. The van der Waals surface area contributed by atoms with Crippen molar-refractivity contribution in [2.45, 2.75) is 39.7 Å². The third-order valence-corrected chi connectivity index (χ3v) is 2.87. The molecule has 84 valence electrons. The summed E-state index contributed by atoms with van der Waals surface area (Å²) in [6.07, 6.45) is 2.32. The summed E-state index contributed by atoms with van der Waals surface area (Å²) < 4.78 is 0. The summed E-state index contributed by atoms with van der Waals surface area (Å²) in [7, 11) is 2.06. The fourth-order valence-electron chi connectivity index (χ4n) is 2.07. The van der Waals surface area contributed by atoms with Gasteiger partial charge in [-0.1, -0.05) is 45.0 Å². The molecule has 1 unspecified atom stereocenters. The second-order valence-corrected chi connectivity index (χ2v) is 4.52. The standard InChI is InChI=1S/C14H23N/c1-5-12-8-6-7-9-13(12)14(15-4)10-11(2)3/h6-9,11,14-15H,5,10H2,1-4H3. The molecule has 0 heterocycles. The molecular formula is C14H23N. The molecule has 0 saturated carbocycles. The van der Waals surface area contributed by atoms with Crippen LogP contribution in [0.4, 0.5) is 0 Å². The summed E-state index contributed by atoms with van der Waals surface area (Å²) in [4.78, 5) is 0. The van der Waals surface area contributed by atoms with Gasteiger partial charge in [-0.05, 0) is 36.9 Å². The Bertz CT molecular complexity index is 291. The highest BCUT2D eigenvalue weighted by Crippen LogP contribution is 2.24. The minimum absolute atomic E-state index is 0.501. The third-order valence-electron chi connectivity index (χ3n) is 2.87. The molecule has 1 heteroatoms. The topological polar surface area (TPSA) is 12.0 Å². The van der Waals surface area contributed by atoms with Gasteiger partial charge in [0.05, 0.1) is 0 Å². The highest BCUT2D eigenvalue weighted by atomic mass is 14.9. The number of hydrogen-bond acceptors (Lipinski definition) is 1. The van der Waals surface area contributed by atoms with Crippen molar-refractivity contribution in [3.63, 3.8) is 0 Å². The van der Waals surface area contributed by atoms with Crippen molar-refractivity contribution in [2.75, 3.05) is 7.05 Å². The molecule has 1 aromatic carbocycles. The van der Waals surface area contributed by atoms with Gasteiger partial charge in [-0.3, -0.25) is 0 Å². The predicted molar refractivity (Wildman–Crippen MR) is 67.1 cm³/mol. The van der Waals surface area contributed by atoms with Gasteiger partial charge in [-0.25, -0.2) is 0 Å². The lowest BCUT2D eigenvalue weighted by Crippen LogP contribution is -2.19. The average molecular weight is 205 g/mol. The summed E-state index contributed by atoms with van der Waals surface area (Å²) in [5.41, 5.74) is 2.94. The first-order valence-electron chi connectivity index (χ1n) is 5.94. The van der Waals surface area contributed by atoms with Gasteiger partial charge in [-0.2, -0.15) is 0 Å². The molecule has 15 heavy (non-hydrogen) atoms. The van der Waals surface area contributed by atoms with Gasteiger partial charge < -0.3 is 5.32 Å². The Balaban J connectivity index is 2.90. The molecule has 1 nitrogen and oxygen atoms in total. The molecule has 0 aliphatic rings. The molecule has 1 rings (SSSR count). The van der Waals surface area contributed by atoms with Crippen LogP contribution in [0.15, 0.2) is 24.3 Å². The highest BCUT2D eigenvalue weighted by Gasteiger charge is 2.13. The molecule has 0 bridgehead atoms. The lowest BCUT2D eigenvalue weighted by atomic mass is 9.92. The summed E-state index contributed by atoms with van der Waals surface area (Å²) in [5.74, 6) is 0.729. The van der Waals surface area contributed by atoms with Gasteiger partial charge in [-0.15, -0.1) is 0 Å². The Morgan fingerprint density at radius 1 is 1.20 bits per heavy atom. The van der Waals surface area contributed by atoms with E-state index in [-0.39, 0.29) is 0 Å². The van der Waals surface area contributed by atoms with Gasteiger partial charge in [0.2, 0.25) is 0 Å². The van der Waals surface area contributed by atoms with Crippen molar-refractivity contribution >= 4 is 0 Å². The zero-order valence-corrected chi connectivity index (χ0v) is 10.4. The predicted octanol–water partition coefficient (Wildman–Crippen LogP) is 3.56. The maximum absolute atomic E-state index is 3.42. The van der Waals surface area contributed by atoms with Gasteiger partial charge in [0.1, 0.15) is 0 Å². The zero-order valence-electron chi connectivity index (χ0n) is 10.4. The van der Waals surface area contributed by atoms with Crippen molar-refractivity contribution in [1.82, 2.24) is 5.32 Å². The van der Waals surface area contributed by atoms with E-state index in [1.165, 1.54) is 17.5 Å². The van der Waals surface area contributed by atoms with Crippen LogP contribution in [0.3, 0.4) is 0 Å². The first kappa shape index (κ1) is 12.3. The van der Waals surface area contributed by atoms with E-state index < -0.39 is 0 Å². The van der Waals surface area contributed by atoms with E-state index in [0.29, 0.717) is 6.04 Å². The normalized spacial score (nSPS) is 13.1. The molecule has 0 radical (unpaired) electrons. The Labute approximate surface area is 93.9 Å². The minimum Gasteiger partial charge on any atom is -0.313 e. The van der Waals surface area contributed by atoms with Crippen LogP contribution in [0, 0.1) is 5.92 Å². The Morgan fingerprint density at radius 3 is 2.40 bits per heavy atom. The van der Waals surface area contributed by atoms with Gasteiger partial charge in [0, 0.05) is 6.04 Å². The Kier molecular flexibility index (Phi) is 4.83. The van der Waals surface area contributed by atoms with Crippen molar-refractivity contribution in [1.29, 1.82) is 0 Å². The Morgan fingerprint density at radius 2 is 1.87 bits per heavy atom. The maximum Gasteiger partial charge on any atom is 0.0322 e. The molecule has 0 amide bonds. The first-order chi connectivity index (χ1) is 7.19. The number of nitrogens with one attached hydrogen (secondary N) is 1. The van der Waals surface area contributed by atoms with Crippen molar-refractivity contribution in [2.24, 2.45) is 5.92 Å². The van der Waals surface area contributed by atoms with E-state index in [4.69, 9.17) is 0 Å². The largest absolute Gasteiger partial charge is 0.313 e. The lowest BCUT2D eigenvalue weighted by molar-refractivity contribution is 0.454. The van der Waals surface area contributed by atoms with Crippen LogP contribution in [-0.4, -0.2) is 7.05 Å². The molecule has 0 aliphatic carbocycles. The monoisotopic (exact) mass is 205 g/mol. The van der Waals surface area contributed by atoms with Crippen LogP contribution >= 0.6 is 0 Å². The maximum atomic E-state index is 3.42. The van der Waals surface area contributed by atoms with E-state index in [1.54, 1.807) is 0 Å². The van der Waals surface area contributed by atoms with Crippen molar-refractivity contribution in [3.05, 3.63) is 35.4 Å². The SMILES string of the molecule is CCc1ccccc1C(CC(C)C)NC. The first-order valence-corrected chi connectivity index (χ1v) is 5.94. The molecule has 0 spiro atoms. The van der Waals surface area contributed by atoms with Gasteiger partial charge in [0.15, 0.2) is 0 Å². The van der Waals surface area contributed by atoms with Crippen LogP contribution in [-0.2, 0) is 6.42 Å². The van der Waals surface area contributed by atoms with Crippen LogP contribution in [0.5, 0.6) is 0 Å². The molecule has 0 saturated heterocycles. The summed E-state index contributed by atoms with van der Waals surface area (Å²) >= 11 is 0. The van der Waals surface area contributed by atoms with E-state index in [9.17, 15) is 0 Å². The molecule has 0 fully saturated rings. The molecule has 1 N–H and O–H groups in total. The van der Waals surface area contributed by atoms with Crippen LogP contribution in [0.1, 0.15) is 44.4 Å². The summed E-state index contributed by atoms with van der Waals surface area (Å²) in [6, 6.07) is 9.26. The van der Waals surface area contributed by atoms with E-state index in [1.807, 2.05) is 0 Å². The summed E-state index contributed by atoms with van der Waals surface area (Å²) in [5, 5.41) is 3.42. The number of rotatable bonds is 5. The number of benzene rings is 1. The molecular weight excluding hydrogens is 182 g/mol. The van der Waals surface area contributed by atoms with E-state index in [2.05, 4.69) is 57.4 Å². The van der Waals surface area contributed by atoms with Crippen molar-refractivity contribution in [3.8, 4) is 0 Å². The number of hydrogen-bond donors (Lipinski definition) is 1. The second kappa shape index (κ2) is 5.92. The van der Waals surface area contributed by atoms with Crippen LogP contribution in [0.25, 0.3) is 0 Å². The molecule has 0 aliphatic heterocycles. The Hall–Kier alpha value is -0.820. The third kappa shape index (κ3) is 3.35. The second-order valence-electron chi connectivity index (χ2n) is 4.52. The van der Waals surface area contributed by atoms with Crippen molar-refractivity contribution < 1.29 is 0 Å². The fraction of sp³-hybridized carbons (Fsp3) is 0.571. The van der Waals surface area contributed by atoms with Gasteiger partial charge >= 0.3 is 0 Å². The van der Waals surface area contributed by atoms with E-state index >= 15 is 0 Å². The van der Waals surface area contributed by atoms with Crippen LogP contribution in [0.2, 0.25) is 0 Å². The minimum atomic E-state index is 0.501. The summed E-state index contributed by atoms with van der Waals surface area (Å²) in [6.45, 7) is 6.78. The van der Waals surface area contributed by atoms with Crippen LogP contribution < -0.4 is 5.32 Å². The molecule has 1 aromatic rings. The van der Waals surface area contributed by atoms with E-state index in [0.717, 1.165) is 12.3 Å². The highest BCUT2D eigenvalue weighted by molar-refractivity contribution is 5.30. The fourth-order valence-corrected chi connectivity index (χ4v) is 2.07. The lowest BCUT2D eigenvalue weighted by Gasteiger charge is -2.21. The number of aryl methyl sites for hydroxylation is 1. The van der Waals surface area contributed by atoms with Gasteiger partial charge in [0.25, 0.3) is 0 Å². The smallest absolute Gasteiger partial charge is 0.0322 e. The average Bonchev–Trinajstić information content (AvgIpc) is 2.25.